The van der Waals surface area contributed by atoms with Crippen LogP contribution < -0.4 is 10.1 Å². The van der Waals surface area contributed by atoms with Gasteiger partial charge in [-0.3, -0.25) is 9.79 Å². The van der Waals surface area contributed by atoms with E-state index in [4.69, 9.17) is 9.26 Å². The second-order valence-electron chi connectivity index (χ2n) is 5.64. The third kappa shape index (κ3) is 3.56. The second kappa shape index (κ2) is 7.16. The van der Waals surface area contributed by atoms with E-state index in [9.17, 15) is 4.79 Å². The highest BCUT2D eigenvalue weighted by atomic mass is 16.5. The fourth-order valence-electron chi connectivity index (χ4n) is 2.73. The van der Waals surface area contributed by atoms with E-state index in [1.165, 1.54) is 0 Å². The van der Waals surface area contributed by atoms with Gasteiger partial charge in [0.15, 0.2) is 0 Å². The molecule has 1 aliphatic heterocycles. The summed E-state index contributed by atoms with van der Waals surface area (Å²) in [5, 5.41) is 6.95. The molecule has 1 fully saturated rings. The Morgan fingerprint density at radius 2 is 2.38 bits per heavy atom. The molecule has 1 aliphatic rings. The zero-order valence-electron chi connectivity index (χ0n) is 13.7. The van der Waals surface area contributed by atoms with Crippen molar-refractivity contribution in [1.82, 2.24) is 15.4 Å². The molecule has 7 heteroatoms. The van der Waals surface area contributed by atoms with Crippen molar-refractivity contribution < 1.29 is 14.1 Å². The maximum absolute atomic E-state index is 12.3. The number of methoxy groups -OCH3 is 1. The molecule has 3 rings (SSSR count). The first-order valence-electron chi connectivity index (χ1n) is 7.78. The predicted molar refractivity (Wildman–Crippen MR) is 90.4 cm³/mol. The third-order valence-corrected chi connectivity index (χ3v) is 3.93. The molecule has 0 bridgehead atoms. The summed E-state index contributed by atoms with van der Waals surface area (Å²) in [4.78, 5) is 18.4. The number of carbonyl (C=O) groups is 1. The molecule has 0 spiro atoms. The average Bonchev–Trinajstić information content (AvgIpc) is 3.25. The van der Waals surface area contributed by atoms with E-state index < -0.39 is 0 Å². The second-order valence-corrected chi connectivity index (χ2v) is 5.64. The number of hydrogen-bond acceptors (Lipinski definition) is 5. The Morgan fingerprint density at radius 1 is 1.50 bits per heavy atom. The van der Waals surface area contributed by atoms with Crippen molar-refractivity contribution in [1.29, 1.82) is 0 Å². The smallest absolute Gasteiger partial charge is 0.290 e. The summed E-state index contributed by atoms with van der Waals surface area (Å²) in [6, 6.07) is 9.18. The summed E-state index contributed by atoms with van der Waals surface area (Å²) in [5.74, 6) is 0.678. The summed E-state index contributed by atoms with van der Waals surface area (Å²) in [5.41, 5.74) is 1.44. The van der Waals surface area contributed by atoms with E-state index in [2.05, 4.69) is 20.4 Å². The number of ether oxygens (including phenoxy) is 1. The molecule has 1 atom stereocenters. The Kier molecular flexibility index (Phi) is 4.79. The lowest BCUT2D eigenvalue weighted by Gasteiger charge is -2.12. The Hall–Kier alpha value is -2.83. The molecule has 1 saturated heterocycles. The molecule has 0 saturated carbocycles. The molecule has 1 N–H and O–H groups in total. The third-order valence-electron chi connectivity index (χ3n) is 3.93. The van der Waals surface area contributed by atoms with Gasteiger partial charge in [-0.25, -0.2) is 0 Å². The van der Waals surface area contributed by atoms with Gasteiger partial charge in [-0.1, -0.05) is 17.3 Å². The number of benzene rings is 1. The van der Waals surface area contributed by atoms with Gasteiger partial charge < -0.3 is 19.5 Å². The largest absolute Gasteiger partial charge is 0.497 e. The van der Waals surface area contributed by atoms with Crippen LogP contribution in [-0.2, 0) is 0 Å². The van der Waals surface area contributed by atoms with Gasteiger partial charge in [-0.05, 0) is 18.6 Å². The lowest BCUT2D eigenvalue weighted by Crippen LogP contribution is -2.36. The molecular weight excluding hydrogens is 308 g/mol. The predicted octanol–water partition coefficient (Wildman–Crippen LogP) is 1.81. The van der Waals surface area contributed by atoms with Crippen LogP contribution in [-0.4, -0.2) is 55.6 Å². The standard InChI is InChI=1S/C17H20N4O3/c1-18-11-21-7-6-13(10-21)19-17(22)16-9-15(20-24-16)12-4-3-5-14(8-12)23-2/h3-5,8-9,11,13H,6-7,10H2,1-2H3,(H,19,22)/t13-/m1/s1. The molecular formula is C17H20N4O3. The monoisotopic (exact) mass is 328 g/mol. The highest BCUT2D eigenvalue weighted by molar-refractivity contribution is 5.92. The topological polar surface area (TPSA) is 80.0 Å². The zero-order valence-corrected chi connectivity index (χ0v) is 13.7. The molecule has 126 valence electrons. The van der Waals surface area contributed by atoms with Gasteiger partial charge in [-0.15, -0.1) is 0 Å². The van der Waals surface area contributed by atoms with Crippen LogP contribution in [0.2, 0.25) is 0 Å². The Morgan fingerprint density at radius 3 is 3.17 bits per heavy atom. The number of nitrogens with one attached hydrogen (secondary N) is 1. The normalized spacial score (nSPS) is 17.4. The van der Waals surface area contributed by atoms with Crippen LogP contribution in [0.15, 0.2) is 39.8 Å². The van der Waals surface area contributed by atoms with Crippen molar-refractivity contribution in [3.8, 4) is 17.0 Å². The Balaban J connectivity index is 1.65. The van der Waals surface area contributed by atoms with Gasteiger partial charge in [0.05, 0.1) is 13.4 Å². The number of carbonyl (C=O) groups excluding carboxylic acids is 1. The van der Waals surface area contributed by atoms with Crippen LogP contribution in [0.1, 0.15) is 17.0 Å². The first-order chi connectivity index (χ1) is 11.7. The van der Waals surface area contributed by atoms with Gasteiger partial charge in [0.1, 0.15) is 11.4 Å². The molecule has 2 heterocycles. The highest BCUT2D eigenvalue weighted by Gasteiger charge is 2.24. The average molecular weight is 328 g/mol. The minimum atomic E-state index is -0.253. The summed E-state index contributed by atoms with van der Waals surface area (Å²) in [6.07, 6.45) is 2.68. The van der Waals surface area contributed by atoms with E-state index in [1.54, 1.807) is 26.6 Å². The van der Waals surface area contributed by atoms with Crippen molar-refractivity contribution in [2.24, 2.45) is 4.99 Å². The molecule has 0 aliphatic carbocycles. The number of aromatic nitrogens is 1. The number of rotatable bonds is 5. The van der Waals surface area contributed by atoms with Crippen molar-refractivity contribution >= 4 is 12.2 Å². The van der Waals surface area contributed by atoms with Crippen LogP contribution in [0, 0.1) is 0 Å². The molecule has 7 nitrogen and oxygen atoms in total. The molecule has 1 aromatic heterocycles. The Labute approximate surface area is 140 Å². The molecule has 2 aromatic rings. The van der Waals surface area contributed by atoms with Crippen LogP contribution in [0.25, 0.3) is 11.3 Å². The van der Waals surface area contributed by atoms with Crippen molar-refractivity contribution in [3.05, 3.63) is 36.1 Å². The van der Waals surface area contributed by atoms with Gasteiger partial charge >= 0.3 is 0 Å². The van der Waals surface area contributed by atoms with Gasteiger partial charge in [0.25, 0.3) is 5.91 Å². The first-order valence-corrected chi connectivity index (χ1v) is 7.78. The SMILES string of the molecule is CN=CN1CC[C@@H](NC(=O)c2cc(-c3cccc(OC)c3)no2)C1. The quantitative estimate of drug-likeness (QED) is 0.669. The van der Waals surface area contributed by atoms with Gasteiger partial charge in [-0.2, -0.15) is 0 Å². The van der Waals surface area contributed by atoms with Crippen LogP contribution in [0.5, 0.6) is 5.75 Å². The Bertz CT molecular complexity index is 741. The maximum atomic E-state index is 12.3. The summed E-state index contributed by atoms with van der Waals surface area (Å²) in [7, 11) is 3.34. The van der Waals surface area contributed by atoms with E-state index in [0.717, 1.165) is 30.8 Å². The highest BCUT2D eigenvalue weighted by Crippen LogP contribution is 2.23. The molecule has 1 aromatic carbocycles. The van der Waals surface area contributed by atoms with Crippen molar-refractivity contribution in [2.45, 2.75) is 12.5 Å². The fourth-order valence-corrected chi connectivity index (χ4v) is 2.73. The minimum absolute atomic E-state index is 0.0841. The number of amides is 1. The van der Waals surface area contributed by atoms with E-state index >= 15 is 0 Å². The number of hydrogen-bond donors (Lipinski definition) is 1. The van der Waals surface area contributed by atoms with E-state index in [-0.39, 0.29) is 17.7 Å². The number of nitrogens with zero attached hydrogens (tertiary/aromatic N) is 3. The lowest BCUT2D eigenvalue weighted by molar-refractivity contribution is 0.0902. The number of aliphatic imine (C=N–C) groups is 1. The van der Waals surface area contributed by atoms with E-state index in [0.29, 0.717) is 5.69 Å². The zero-order chi connectivity index (χ0) is 16.9. The molecule has 1 amide bonds. The number of likely N-dealkylation sites (tertiary alicyclic amines) is 1. The lowest BCUT2D eigenvalue weighted by atomic mass is 10.1. The fraction of sp³-hybridized carbons (Fsp3) is 0.353. The maximum Gasteiger partial charge on any atom is 0.290 e. The van der Waals surface area contributed by atoms with E-state index in [1.807, 2.05) is 24.3 Å². The van der Waals surface area contributed by atoms with Gasteiger partial charge in [0, 0.05) is 37.8 Å². The first kappa shape index (κ1) is 16.0. The summed E-state index contributed by atoms with van der Waals surface area (Å²) in [6.45, 7) is 1.63. The summed E-state index contributed by atoms with van der Waals surface area (Å²) >= 11 is 0. The van der Waals surface area contributed by atoms with Crippen LogP contribution >= 0.6 is 0 Å². The van der Waals surface area contributed by atoms with Gasteiger partial charge in [0.2, 0.25) is 5.76 Å². The summed E-state index contributed by atoms with van der Waals surface area (Å²) < 4.78 is 10.4. The van der Waals surface area contributed by atoms with Crippen LogP contribution in [0.3, 0.4) is 0 Å². The van der Waals surface area contributed by atoms with Crippen molar-refractivity contribution in [2.75, 3.05) is 27.2 Å². The molecule has 0 unspecified atom stereocenters. The van der Waals surface area contributed by atoms with Crippen LogP contribution in [0.4, 0.5) is 0 Å². The van der Waals surface area contributed by atoms with Crippen molar-refractivity contribution in [3.63, 3.8) is 0 Å². The molecule has 0 radical (unpaired) electrons. The molecule has 24 heavy (non-hydrogen) atoms. The minimum Gasteiger partial charge on any atom is -0.497 e.